The fourth-order valence-corrected chi connectivity index (χ4v) is 2.41. The molecule has 0 saturated carbocycles. The Balaban J connectivity index is 2.19. The fraction of sp³-hybridized carbons (Fsp3) is 0.133. The summed E-state index contributed by atoms with van der Waals surface area (Å²) in [5.41, 5.74) is 2.67. The molecule has 0 aliphatic carbocycles. The van der Waals surface area contributed by atoms with Gasteiger partial charge in [-0.05, 0) is 55.1 Å². The largest absolute Gasteiger partial charge is 0.677 e. The number of aromatic nitrogens is 2. The Labute approximate surface area is 121 Å². The van der Waals surface area contributed by atoms with E-state index in [0.717, 1.165) is 26.7 Å². The molecule has 3 rings (SSSR count). The first-order valence-electron chi connectivity index (χ1n) is 6.51. The summed E-state index contributed by atoms with van der Waals surface area (Å²) in [5.74, 6) is 0.746. The molecule has 3 aromatic rings. The molecule has 0 N–H and O–H groups in total. The Morgan fingerprint density at radius 3 is 2.71 bits per heavy atom. The molecule has 21 heavy (non-hydrogen) atoms. The summed E-state index contributed by atoms with van der Waals surface area (Å²) in [5, 5.41) is 0.952. The molecule has 2 aromatic heterocycles. The molecule has 106 valence electrons. The Morgan fingerprint density at radius 1 is 1.19 bits per heavy atom. The normalized spacial score (nSPS) is 10.9. The summed E-state index contributed by atoms with van der Waals surface area (Å²) in [4.78, 5) is 4.49. The minimum Gasteiger partial charge on any atom is -0.497 e. The number of nitrogens with zero attached hydrogens (tertiary/aromatic N) is 2. The van der Waals surface area contributed by atoms with Crippen molar-refractivity contribution in [2.75, 3.05) is 7.11 Å². The third-order valence-electron chi connectivity index (χ3n) is 3.47. The molecule has 0 bridgehead atoms. The van der Waals surface area contributed by atoms with Crippen LogP contribution in [-0.2, 0) is 0 Å². The summed E-state index contributed by atoms with van der Waals surface area (Å²) < 4.78 is 32.1. The van der Waals surface area contributed by atoms with Crippen LogP contribution >= 0.6 is 0 Å². The van der Waals surface area contributed by atoms with Crippen LogP contribution in [0.2, 0.25) is 0 Å². The van der Waals surface area contributed by atoms with Crippen molar-refractivity contribution in [1.82, 2.24) is 9.46 Å². The van der Waals surface area contributed by atoms with Crippen LogP contribution in [0, 0.1) is 6.92 Å². The zero-order valence-electron chi connectivity index (χ0n) is 11.7. The van der Waals surface area contributed by atoms with Gasteiger partial charge in [-0.2, -0.15) is 0 Å². The van der Waals surface area contributed by atoms with Crippen molar-refractivity contribution in [1.29, 1.82) is 0 Å². The first-order chi connectivity index (χ1) is 10.1. The Hall–Kier alpha value is -2.37. The minimum absolute atomic E-state index is 0.408. The summed E-state index contributed by atoms with van der Waals surface area (Å²) >= 11 is 0. The van der Waals surface area contributed by atoms with Crippen molar-refractivity contribution in [3.05, 3.63) is 48.2 Å². The number of benzene rings is 1. The van der Waals surface area contributed by atoms with Crippen molar-refractivity contribution >= 4 is 18.3 Å². The predicted molar refractivity (Wildman–Crippen MR) is 79.8 cm³/mol. The third-order valence-corrected chi connectivity index (χ3v) is 3.47. The molecule has 0 amide bonds. The minimum atomic E-state index is -2.58. The smallest absolute Gasteiger partial charge is 0.497 e. The molecular formula is C15H13BF2N2O. The van der Waals surface area contributed by atoms with Crippen LogP contribution < -0.4 is 4.74 Å². The zero-order chi connectivity index (χ0) is 15.0. The fourth-order valence-electron chi connectivity index (χ4n) is 2.41. The van der Waals surface area contributed by atoms with E-state index in [0.29, 0.717) is 11.4 Å². The lowest BCUT2D eigenvalue weighted by Crippen LogP contribution is -2.13. The van der Waals surface area contributed by atoms with Gasteiger partial charge < -0.3 is 9.21 Å². The van der Waals surface area contributed by atoms with Gasteiger partial charge in [-0.3, -0.25) is 8.63 Å². The number of hydrogen-bond donors (Lipinski definition) is 0. The van der Waals surface area contributed by atoms with Crippen LogP contribution in [0.25, 0.3) is 22.3 Å². The van der Waals surface area contributed by atoms with Gasteiger partial charge in [-0.15, -0.1) is 0 Å². The van der Waals surface area contributed by atoms with Crippen molar-refractivity contribution in [2.45, 2.75) is 6.92 Å². The molecule has 2 heterocycles. The van der Waals surface area contributed by atoms with Crippen molar-refractivity contribution in [2.24, 2.45) is 0 Å². The molecule has 6 heteroatoms. The van der Waals surface area contributed by atoms with Crippen LogP contribution in [0.5, 0.6) is 5.75 Å². The molecule has 3 nitrogen and oxygen atoms in total. The molecule has 0 spiro atoms. The van der Waals surface area contributed by atoms with Gasteiger partial charge in [0.2, 0.25) is 0 Å². The van der Waals surface area contributed by atoms with E-state index in [2.05, 4.69) is 4.98 Å². The van der Waals surface area contributed by atoms with E-state index in [1.807, 2.05) is 31.2 Å². The van der Waals surface area contributed by atoms with Gasteiger partial charge >= 0.3 is 7.40 Å². The molecular weight excluding hydrogens is 273 g/mol. The Morgan fingerprint density at radius 2 is 2.00 bits per heavy atom. The molecule has 0 radical (unpaired) electrons. The highest BCUT2D eigenvalue weighted by molar-refractivity contribution is 6.41. The molecule has 1 aromatic carbocycles. The number of methoxy groups -OCH3 is 1. The van der Waals surface area contributed by atoms with Gasteiger partial charge in [0.05, 0.1) is 24.0 Å². The van der Waals surface area contributed by atoms with Gasteiger partial charge in [-0.1, -0.05) is 0 Å². The number of hydrogen-bond acceptors (Lipinski definition) is 2. The van der Waals surface area contributed by atoms with E-state index in [4.69, 9.17) is 4.74 Å². The second kappa shape index (κ2) is 5.20. The van der Waals surface area contributed by atoms with Gasteiger partial charge in [0.25, 0.3) is 0 Å². The molecule has 0 saturated heterocycles. The second-order valence-electron chi connectivity index (χ2n) is 4.79. The van der Waals surface area contributed by atoms with E-state index < -0.39 is 7.40 Å². The highest BCUT2D eigenvalue weighted by Crippen LogP contribution is 2.27. The van der Waals surface area contributed by atoms with Gasteiger partial charge in [0.15, 0.2) is 0 Å². The lowest BCUT2D eigenvalue weighted by atomic mass is 10.1. The average Bonchev–Trinajstić information content (AvgIpc) is 2.96. The molecule has 0 fully saturated rings. The summed E-state index contributed by atoms with van der Waals surface area (Å²) in [6.45, 7) is 1.93. The maximum atomic E-state index is 13.0. The van der Waals surface area contributed by atoms with Gasteiger partial charge in [0, 0.05) is 5.39 Å². The van der Waals surface area contributed by atoms with Gasteiger partial charge in [0.1, 0.15) is 5.75 Å². The monoisotopic (exact) mass is 286 g/mol. The van der Waals surface area contributed by atoms with Gasteiger partial charge in [-0.25, -0.2) is 4.98 Å². The SMILES string of the molecule is COc1ccc2nc(-c3cccn3B(F)F)cc(C)c2c1. The molecule has 0 atom stereocenters. The van der Waals surface area contributed by atoms with Crippen LogP contribution in [0.3, 0.4) is 0 Å². The van der Waals surface area contributed by atoms with Crippen LogP contribution in [0.1, 0.15) is 5.56 Å². The zero-order valence-corrected chi connectivity index (χ0v) is 11.7. The van der Waals surface area contributed by atoms with E-state index in [1.165, 1.54) is 6.20 Å². The number of halogens is 2. The second-order valence-corrected chi connectivity index (χ2v) is 4.79. The molecule has 0 aliphatic rings. The number of rotatable bonds is 3. The average molecular weight is 286 g/mol. The Bertz CT molecular complexity index is 801. The maximum Gasteiger partial charge on any atom is 0.677 e. The standard InChI is InChI=1S/C15H13BF2N2O/c1-10-8-14(15-4-3-7-20(15)16(17)18)19-13-6-5-11(21-2)9-12(10)13/h3-9H,1-2H3. The molecule has 0 aliphatic heterocycles. The van der Waals surface area contributed by atoms with E-state index in [1.54, 1.807) is 19.2 Å². The number of pyridine rings is 1. The number of aryl methyl sites for hydroxylation is 1. The number of fused-ring (bicyclic) bond motifs is 1. The number of ether oxygens (including phenoxy) is 1. The predicted octanol–water partition coefficient (Wildman–Crippen LogP) is 3.79. The van der Waals surface area contributed by atoms with Crippen molar-refractivity contribution in [3.63, 3.8) is 0 Å². The van der Waals surface area contributed by atoms with E-state index in [-0.39, 0.29) is 0 Å². The summed E-state index contributed by atoms with van der Waals surface area (Å²) in [6.07, 6.45) is 1.36. The summed E-state index contributed by atoms with van der Waals surface area (Å²) in [6, 6.07) is 10.6. The van der Waals surface area contributed by atoms with Crippen molar-refractivity contribution < 1.29 is 13.4 Å². The quantitative estimate of drug-likeness (QED) is 0.685. The van der Waals surface area contributed by atoms with Crippen LogP contribution in [0.15, 0.2) is 42.6 Å². The van der Waals surface area contributed by atoms with Crippen LogP contribution in [0.4, 0.5) is 8.63 Å². The first kappa shape index (κ1) is 13.6. The first-order valence-corrected chi connectivity index (χ1v) is 6.51. The highest BCUT2D eigenvalue weighted by atomic mass is 19.2. The maximum absolute atomic E-state index is 13.0. The Kier molecular flexibility index (Phi) is 3.37. The molecule has 0 unspecified atom stereocenters. The summed E-state index contributed by atoms with van der Waals surface area (Å²) in [7, 11) is -0.975. The van der Waals surface area contributed by atoms with E-state index >= 15 is 0 Å². The third kappa shape index (κ3) is 2.37. The van der Waals surface area contributed by atoms with E-state index in [9.17, 15) is 8.63 Å². The lowest BCUT2D eigenvalue weighted by molar-refractivity contribution is 0.415. The van der Waals surface area contributed by atoms with Crippen molar-refractivity contribution in [3.8, 4) is 17.1 Å². The highest BCUT2D eigenvalue weighted by Gasteiger charge is 2.20. The lowest BCUT2D eigenvalue weighted by Gasteiger charge is -2.10. The topological polar surface area (TPSA) is 27.1 Å². The van der Waals surface area contributed by atoms with Crippen LogP contribution in [-0.4, -0.2) is 24.0 Å².